The van der Waals surface area contributed by atoms with Crippen molar-refractivity contribution in [3.63, 3.8) is 0 Å². The first-order chi connectivity index (χ1) is 8.22. The SMILES string of the molecule is CC(C)n1cc2[nH]c3ccccc3c2c1C#N. The molecule has 0 bridgehead atoms. The molecule has 0 fully saturated rings. The Morgan fingerprint density at radius 2 is 2.00 bits per heavy atom. The topological polar surface area (TPSA) is 44.5 Å². The third-order valence-corrected chi connectivity index (χ3v) is 3.16. The largest absolute Gasteiger partial charge is 0.353 e. The van der Waals surface area contributed by atoms with Crippen LogP contribution in [0.25, 0.3) is 21.8 Å². The number of nitrogens with zero attached hydrogens (tertiary/aromatic N) is 2. The molecule has 0 aliphatic rings. The number of benzene rings is 1. The summed E-state index contributed by atoms with van der Waals surface area (Å²) in [6.45, 7) is 4.17. The van der Waals surface area contributed by atoms with Gasteiger partial charge in [-0.1, -0.05) is 18.2 Å². The minimum absolute atomic E-state index is 0.296. The Kier molecular flexibility index (Phi) is 1.99. The molecule has 17 heavy (non-hydrogen) atoms. The van der Waals surface area contributed by atoms with E-state index >= 15 is 0 Å². The smallest absolute Gasteiger partial charge is 0.130 e. The summed E-state index contributed by atoms with van der Waals surface area (Å²) in [6.07, 6.45) is 2.03. The summed E-state index contributed by atoms with van der Waals surface area (Å²) in [6, 6.07) is 10.7. The number of nitrogens with one attached hydrogen (secondary N) is 1. The second-order valence-electron chi connectivity index (χ2n) is 4.55. The molecule has 0 radical (unpaired) electrons. The van der Waals surface area contributed by atoms with E-state index in [9.17, 15) is 5.26 Å². The number of nitriles is 1. The van der Waals surface area contributed by atoms with Crippen molar-refractivity contribution in [2.24, 2.45) is 0 Å². The van der Waals surface area contributed by atoms with E-state index in [-0.39, 0.29) is 0 Å². The summed E-state index contributed by atoms with van der Waals surface area (Å²) in [5, 5.41) is 11.5. The van der Waals surface area contributed by atoms with Crippen LogP contribution in [0.3, 0.4) is 0 Å². The van der Waals surface area contributed by atoms with Crippen LogP contribution in [0, 0.1) is 11.3 Å². The molecular weight excluding hydrogens is 210 g/mol. The predicted molar refractivity (Wildman–Crippen MR) is 68.9 cm³/mol. The van der Waals surface area contributed by atoms with Crippen molar-refractivity contribution in [1.29, 1.82) is 5.26 Å². The van der Waals surface area contributed by atoms with E-state index in [1.54, 1.807) is 0 Å². The number of aromatic nitrogens is 2. The van der Waals surface area contributed by atoms with Crippen LogP contribution in [-0.2, 0) is 0 Å². The van der Waals surface area contributed by atoms with Gasteiger partial charge < -0.3 is 9.55 Å². The molecule has 84 valence electrons. The van der Waals surface area contributed by atoms with Crippen LogP contribution in [0.4, 0.5) is 0 Å². The lowest BCUT2D eigenvalue weighted by Crippen LogP contribution is -2.01. The van der Waals surface area contributed by atoms with E-state index in [2.05, 4.69) is 31.0 Å². The van der Waals surface area contributed by atoms with Crippen LogP contribution in [0.5, 0.6) is 0 Å². The first-order valence-corrected chi connectivity index (χ1v) is 5.73. The quantitative estimate of drug-likeness (QED) is 0.673. The molecule has 0 aliphatic heterocycles. The summed E-state index contributed by atoms with van der Waals surface area (Å²) < 4.78 is 2.02. The molecule has 0 aliphatic carbocycles. The van der Waals surface area contributed by atoms with Crippen LogP contribution >= 0.6 is 0 Å². The van der Waals surface area contributed by atoms with E-state index in [1.807, 2.05) is 29.0 Å². The molecule has 3 rings (SSSR count). The van der Waals surface area contributed by atoms with E-state index < -0.39 is 0 Å². The standard InChI is InChI=1S/C14H13N3/c1-9(2)17-8-12-14(13(17)7-15)10-5-3-4-6-11(10)16-12/h3-6,8-9,16H,1-2H3. The molecule has 0 saturated heterocycles. The predicted octanol–water partition coefficient (Wildman–Crippen LogP) is 3.58. The molecule has 0 atom stereocenters. The van der Waals surface area contributed by atoms with Gasteiger partial charge in [-0.2, -0.15) is 5.26 Å². The summed E-state index contributed by atoms with van der Waals surface area (Å²) >= 11 is 0. The van der Waals surface area contributed by atoms with Gasteiger partial charge in [-0.05, 0) is 19.9 Å². The Labute approximate surface area is 99.3 Å². The molecule has 3 nitrogen and oxygen atoms in total. The van der Waals surface area contributed by atoms with Crippen LogP contribution in [0.1, 0.15) is 25.6 Å². The fourth-order valence-electron chi connectivity index (χ4n) is 2.37. The van der Waals surface area contributed by atoms with Gasteiger partial charge in [0, 0.05) is 28.5 Å². The van der Waals surface area contributed by atoms with Gasteiger partial charge in [-0.3, -0.25) is 0 Å². The lowest BCUT2D eigenvalue weighted by atomic mass is 10.2. The number of hydrogen-bond acceptors (Lipinski definition) is 1. The molecule has 0 amide bonds. The Hall–Kier alpha value is -2.21. The fourth-order valence-corrected chi connectivity index (χ4v) is 2.37. The number of H-pyrrole nitrogens is 1. The summed E-state index contributed by atoms with van der Waals surface area (Å²) in [4.78, 5) is 3.36. The van der Waals surface area contributed by atoms with Crippen molar-refractivity contribution in [2.45, 2.75) is 19.9 Å². The van der Waals surface area contributed by atoms with E-state index in [1.165, 1.54) is 0 Å². The average molecular weight is 223 g/mol. The van der Waals surface area contributed by atoms with Gasteiger partial charge in [-0.25, -0.2) is 0 Å². The zero-order chi connectivity index (χ0) is 12.0. The molecule has 3 heteroatoms. The molecular formula is C14H13N3. The van der Waals surface area contributed by atoms with Crippen LogP contribution in [0.2, 0.25) is 0 Å². The highest BCUT2D eigenvalue weighted by molar-refractivity contribution is 6.09. The summed E-state index contributed by atoms with van der Waals surface area (Å²) in [5.74, 6) is 0. The van der Waals surface area contributed by atoms with Crippen molar-refractivity contribution in [2.75, 3.05) is 0 Å². The number of para-hydroxylation sites is 1. The molecule has 2 heterocycles. The van der Waals surface area contributed by atoms with E-state index in [4.69, 9.17) is 0 Å². The molecule has 3 aromatic rings. The second kappa shape index (κ2) is 3.39. The van der Waals surface area contributed by atoms with Gasteiger partial charge >= 0.3 is 0 Å². The average Bonchev–Trinajstić information content (AvgIpc) is 2.83. The molecule has 0 unspecified atom stereocenters. The second-order valence-corrected chi connectivity index (χ2v) is 4.55. The lowest BCUT2D eigenvalue weighted by Gasteiger charge is -2.08. The third kappa shape index (κ3) is 1.27. The zero-order valence-electron chi connectivity index (χ0n) is 9.86. The van der Waals surface area contributed by atoms with Gasteiger partial charge in [-0.15, -0.1) is 0 Å². The summed E-state index contributed by atoms with van der Waals surface area (Å²) in [5.41, 5.74) is 2.87. The molecule has 1 N–H and O–H groups in total. The minimum atomic E-state index is 0.296. The lowest BCUT2D eigenvalue weighted by molar-refractivity contribution is 0.599. The molecule has 0 saturated carbocycles. The van der Waals surface area contributed by atoms with Crippen molar-refractivity contribution < 1.29 is 0 Å². The highest BCUT2D eigenvalue weighted by Crippen LogP contribution is 2.30. The Balaban J connectivity index is 2.49. The monoisotopic (exact) mass is 223 g/mol. The van der Waals surface area contributed by atoms with E-state index in [0.717, 1.165) is 27.5 Å². The normalized spacial score (nSPS) is 11.4. The van der Waals surface area contributed by atoms with Crippen molar-refractivity contribution in [1.82, 2.24) is 9.55 Å². The maximum Gasteiger partial charge on any atom is 0.130 e. The van der Waals surface area contributed by atoms with Gasteiger partial charge in [0.15, 0.2) is 0 Å². The van der Waals surface area contributed by atoms with Crippen LogP contribution in [-0.4, -0.2) is 9.55 Å². The van der Waals surface area contributed by atoms with Crippen molar-refractivity contribution in [3.05, 3.63) is 36.2 Å². The summed E-state index contributed by atoms with van der Waals surface area (Å²) in [7, 11) is 0. The number of fused-ring (bicyclic) bond motifs is 3. The fraction of sp³-hybridized carbons (Fsp3) is 0.214. The van der Waals surface area contributed by atoms with Crippen LogP contribution in [0.15, 0.2) is 30.5 Å². The number of aromatic amines is 1. The maximum absolute atomic E-state index is 9.35. The molecule has 2 aromatic heterocycles. The van der Waals surface area contributed by atoms with Crippen molar-refractivity contribution >= 4 is 21.8 Å². The zero-order valence-corrected chi connectivity index (χ0v) is 9.86. The van der Waals surface area contributed by atoms with Crippen LogP contribution < -0.4 is 0 Å². The Bertz CT molecular complexity index is 738. The maximum atomic E-state index is 9.35. The first kappa shape index (κ1) is 9.98. The minimum Gasteiger partial charge on any atom is -0.353 e. The Morgan fingerprint density at radius 1 is 1.24 bits per heavy atom. The highest BCUT2D eigenvalue weighted by atomic mass is 15.0. The molecule has 0 spiro atoms. The van der Waals surface area contributed by atoms with Gasteiger partial charge in [0.2, 0.25) is 0 Å². The highest BCUT2D eigenvalue weighted by Gasteiger charge is 2.15. The van der Waals surface area contributed by atoms with E-state index in [0.29, 0.717) is 6.04 Å². The third-order valence-electron chi connectivity index (χ3n) is 3.16. The Morgan fingerprint density at radius 3 is 2.71 bits per heavy atom. The number of rotatable bonds is 1. The van der Waals surface area contributed by atoms with Gasteiger partial charge in [0.1, 0.15) is 11.8 Å². The van der Waals surface area contributed by atoms with Gasteiger partial charge in [0.05, 0.1) is 5.52 Å². The first-order valence-electron chi connectivity index (χ1n) is 5.73. The molecule has 1 aromatic carbocycles. The van der Waals surface area contributed by atoms with Crippen molar-refractivity contribution in [3.8, 4) is 6.07 Å². The van der Waals surface area contributed by atoms with Gasteiger partial charge in [0.25, 0.3) is 0 Å². The number of hydrogen-bond donors (Lipinski definition) is 1.